The summed E-state index contributed by atoms with van der Waals surface area (Å²) in [5, 5.41) is 9.55. The number of nitrogens with zero attached hydrogens (tertiary/aromatic N) is 4. The average Bonchev–Trinajstić information content (AvgIpc) is 3.12. The Kier molecular flexibility index (Phi) is 4.06. The van der Waals surface area contributed by atoms with Gasteiger partial charge < -0.3 is 9.47 Å². The van der Waals surface area contributed by atoms with Crippen LogP contribution < -0.4 is 4.90 Å². The summed E-state index contributed by atoms with van der Waals surface area (Å²) < 4.78 is 2.05. The van der Waals surface area contributed by atoms with E-state index < -0.39 is 0 Å². The number of aromatic nitrogens is 2. The molecular formula is C18H24N4. The maximum Gasteiger partial charge on any atom is 0.147 e. The molecule has 2 heterocycles. The van der Waals surface area contributed by atoms with Crippen LogP contribution in [-0.4, -0.2) is 22.6 Å². The highest BCUT2D eigenvalue weighted by Crippen LogP contribution is 2.30. The van der Waals surface area contributed by atoms with E-state index in [1.165, 1.54) is 31.2 Å². The van der Waals surface area contributed by atoms with Crippen LogP contribution in [0.2, 0.25) is 0 Å². The summed E-state index contributed by atoms with van der Waals surface area (Å²) in [7, 11) is 2.01. The summed E-state index contributed by atoms with van der Waals surface area (Å²) in [5.74, 6) is 1.61. The number of nitriles is 1. The van der Waals surface area contributed by atoms with Gasteiger partial charge in [0.2, 0.25) is 0 Å². The summed E-state index contributed by atoms with van der Waals surface area (Å²) in [6.45, 7) is 6.16. The van der Waals surface area contributed by atoms with Gasteiger partial charge in [0.1, 0.15) is 11.9 Å². The molecule has 0 bridgehead atoms. The van der Waals surface area contributed by atoms with Gasteiger partial charge in [0.05, 0.1) is 16.6 Å². The Morgan fingerprint density at radius 1 is 1.41 bits per heavy atom. The third-order valence-electron chi connectivity index (χ3n) is 4.88. The third-order valence-corrected chi connectivity index (χ3v) is 4.88. The third kappa shape index (κ3) is 2.56. The van der Waals surface area contributed by atoms with E-state index in [9.17, 15) is 5.26 Å². The molecule has 2 aromatic heterocycles. The molecular weight excluding hydrogens is 272 g/mol. The minimum Gasteiger partial charge on any atom is -0.356 e. The molecule has 4 nitrogen and oxygen atoms in total. The lowest BCUT2D eigenvalue weighted by atomic mass is 10.1. The molecule has 0 aromatic carbocycles. The van der Waals surface area contributed by atoms with Crippen molar-refractivity contribution >= 4 is 16.9 Å². The van der Waals surface area contributed by atoms with Crippen molar-refractivity contribution in [3.63, 3.8) is 0 Å². The SMILES string of the molecule is CCN(CC1CCCC1)c1nc2c(C)cn(C)c2cc1C#N. The number of hydrogen-bond donors (Lipinski definition) is 0. The van der Waals surface area contributed by atoms with Crippen LogP contribution in [0, 0.1) is 24.2 Å². The number of fused-ring (bicyclic) bond motifs is 1. The van der Waals surface area contributed by atoms with E-state index in [-0.39, 0.29) is 0 Å². The van der Waals surface area contributed by atoms with E-state index >= 15 is 0 Å². The molecule has 2 aromatic rings. The fourth-order valence-corrected chi connectivity index (χ4v) is 3.67. The lowest BCUT2D eigenvalue weighted by Gasteiger charge is -2.26. The topological polar surface area (TPSA) is 44.9 Å². The Morgan fingerprint density at radius 2 is 2.14 bits per heavy atom. The Morgan fingerprint density at radius 3 is 2.77 bits per heavy atom. The van der Waals surface area contributed by atoms with Crippen LogP contribution in [-0.2, 0) is 7.05 Å². The standard InChI is InChI=1S/C18H24N4/c1-4-22(12-14-7-5-6-8-14)18-15(10-19)9-16-17(20-18)13(2)11-21(16)3/h9,11,14H,4-8,12H2,1-3H3. The van der Waals surface area contributed by atoms with Gasteiger partial charge in [0.15, 0.2) is 0 Å². The molecule has 1 aliphatic rings. The van der Waals surface area contributed by atoms with Crippen LogP contribution in [0.4, 0.5) is 5.82 Å². The van der Waals surface area contributed by atoms with E-state index in [1.807, 2.05) is 13.1 Å². The lowest BCUT2D eigenvalue weighted by molar-refractivity contribution is 0.533. The highest BCUT2D eigenvalue weighted by Gasteiger charge is 2.21. The molecule has 116 valence electrons. The van der Waals surface area contributed by atoms with Crippen LogP contribution in [0.3, 0.4) is 0 Å². The van der Waals surface area contributed by atoms with Gasteiger partial charge in [-0.1, -0.05) is 12.8 Å². The van der Waals surface area contributed by atoms with Crippen LogP contribution in [0.25, 0.3) is 11.0 Å². The second-order valence-corrected chi connectivity index (χ2v) is 6.45. The van der Waals surface area contributed by atoms with Crippen molar-refractivity contribution in [2.45, 2.75) is 39.5 Å². The van der Waals surface area contributed by atoms with E-state index in [2.05, 4.69) is 35.6 Å². The predicted octanol–water partition coefficient (Wildman–Crippen LogP) is 3.77. The lowest BCUT2D eigenvalue weighted by Crippen LogP contribution is -2.30. The van der Waals surface area contributed by atoms with E-state index in [0.29, 0.717) is 5.56 Å². The molecule has 0 amide bonds. The van der Waals surface area contributed by atoms with Crippen molar-refractivity contribution in [1.29, 1.82) is 5.26 Å². The van der Waals surface area contributed by atoms with Gasteiger partial charge >= 0.3 is 0 Å². The Labute approximate surface area is 132 Å². The molecule has 0 radical (unpaired) electrons. The van der Waals surface area contributed by atoms with E-state index in [1.54, 1.807) is 0 Å². The van der Waals surface area contributed by atoms with Gasteiger partial charge in [0, 0.05) is 26.3 Å². The fraction of sp³-hybridized carbons (Fsp3) is 0.556. The first-order valence-electron chi connectivity index (χ1n) is 8.25. The van der Waals surface area contributed by atoms with Crippen molar-refractivity contribution in [2.24, 2.45) is 13.0 Å². The molecule has 1 fully saturated rings. The molecule has 0 unspecified atom stereocenters. The number of hydrogen-bond acceptors (Lipinski definition) is 3. The fourth-order valence-electron chi connectivity index (χ4n) is 3.67. The predicted molar refractivity (Wildman–Crippen MR) is 90.0 cm³/mol. The summed E-state index contributed by atoms with van der Waals surface area (Å²) >= 11 is 0. The number of rotatable bonds is 4. The van der Waals surface area contributed by atoms with Crippen molar-refractivity contribution < 1.29 is 0 Å². The quantitative estimate of drug-likeness (QED) is 0.862. The second-order valence-electron chi connectivity index (χ2n) is 6.45. The molecule has 0 aliphatic heterocycles. The van der Waals surface area contributed by atoms with Gasteiger partial charge in [-0.2, -0.15) is 5.26 Å². The normalized spacial score (nSPS) is 15.4. The van der Waals surface area contributed by atoms with E-state index in [4.69, 9.17) is 4.98 Å². The van der Waals surface area contributed by atoms with Gasteiger partial charge in [-0.05, 0) is 44.2 Å². The number of pyridine rings is 1. The van der Waals surface area contributed by atoms with E-state index in [0.717, 1.165) is 35.9 Å². The first-order chi connectivity index (χ1) is 10.6. The second kappa shape index (κ2) is 6.00. The highest BCUT2D eigenvalue weighted by atomic mass is 15.2. The van der Waals surface area contributed by atoms with Crippen molar-refractivity contribution in [3.05, 3.63) is 23.4 Å². The molecule has 1 aliphatic carbocycles. The minimum absolute atomic E-state index is 0.688. The minimum atomic E-state index is 0.688. The zero-order valence-electron chi connectivity index (χ0n) is 13.8. The monoisotopic (exact) mass is 296 g/mol. The summed E-state index contributed by atoms with van der Waals surface area (Å²) in [6.07, 6.45) is 7.39. The largest absolute Gasteiger partial charge is 0.356 e. The molecule has 1 saturated carbocycles. The summed E-state index contributed by atoms with van der Waals surface area (Å²) in [5.41, 5.74) is 3.91. The summed E-state index contributed by atoms with van der Waals surface area (Å²) in [6, 6.07) is 4.33. The molecule has 3 rings (SSSR count). The van der Waals surface area contributed by atoms with Gasteiger partial charge in [-0.25, -0.2) is 4.98 Å². The highest BCUT2D eigenvalue weighted by molar-refractivity contribution is 5.83. The summed E-state index contributed by atoms with van der Waals surface area (Å²) in [4.78, 5) is 7.15. The van der Waals surface area contributed by atoms with Crippen LogP contribution in [0.1, 0.15) is 43.7 Å². The maximum absolute atomic E-state index is 9.55. The average molecular weight is 296 g/mol. The van der Waals surface area contributed by atoms with Crippen LogP contribution >= 0.6 is 0 Å². The zero-order chi connectivity index (χ0) is 15.7. The van der Waals surface area contributed by atoms with Crippen molar-refractivity contribution in [3.8, 4) is 6.07 Å². The number of aryl methyl sites for hydroxylation is 2. The molecule has 0 N–H and O–H groups in total. The Balaban J connectivity index is 2.03. The Bertz CT molecular complexity index is 717. The maximum atomic E-state index is 9.55. The molecule has 22 heavy (non-hydrogen) atoms. The zero-order valence-corrected chi connectivity index (χ0v) is 13.8. The Hall–Kier alpha value is -2.02. The first kappa shape index (κ1) is 14.9. The van der Waals surface area contributed by atoms with Gasteiger partial charge in [0.25, 0.3) is 0 Å². The first-order valence-corrected chi connectivity index (χ1v) is 8.25. The molecule has 4 heteroatoms. The molecule has 0 spiro atoms. The van der Waals surface area contributed by atoms with Gasteiger partial charge in [-0.15, -0.1) is 0 Å². The molecule has 0 saturated heterocycles. The van der Waals surface area contributed by atoms with Crippen LogP contribution in [0.15, 0.2) is 12.3 Å². The van der Waals surface area contributed by atoms with Crippen molar-refractivity contribution in [1.82, 2.24) is 9.55 Å². The van der Waals surface area contributed by atoms with Crippen molar-refractivity contribution in [2.75, 3.05) is 18.0 Å². The number of anilines is 1. The van der Waals surface area contributed by atoms with Crippen LogP contribution in [0.5, 0.6) is 0 Å². The smallest absolute Gasteiger partial charge is 0.147 e. The van der Waals surface area contributed by atoms with Gasteiger partial charge in [-0.3, -0.25) is 0 Å². The molecule has 0 atom stereocenters.